The summed E-state index contributed by atoms with van der Waals surface area (Å²) in [5.41, 5.74) is -0.649. The Labute approximate surface area is 115 Å². The number of hydrogen-bond acceptors (Lipinski definition) is 4. The van der Waals surface area contributed by atoms with Gasteiger partial charge in [-0.1, -0.05) is 13.0 Å². The van der Waals surface area contributed by atoms with Crippen LogP contribution in [0.3, 0.4) is 0 Å². The zero-order valence-electron chi connectivity index (χ0n) is 10.6. The molecule has 1 fully saturated rings. The van der Waals surface area contributed by atoms with Gasteiger partial charge >= 0.3 is 6.61 Å². The summed E-state index contributed by atoms with van der Waals surface area (Å²) < 4.78 is 54.2. The van der Waals surface area contributed by atoms with Gasteiger partial charge in [0.1, 0.15) is 5.75 Å². The van der Waals surface area contributed by atoms with Crippen LogP contribution in [0, 0.1) is 5.41 Å². The number of ether oxygens (including phenoxy) is 1. The molecule has 1 aromatic rings. The summed E-state index contributed by atoms with van der Waals surface area (Å²) >= 11 is 0. The highest BCUT2D eigenvalue weighted by Crippen LogP contribution is 2.45. The van der Waals surface area contributed by atoms with Crippen LogP contribution >= 0.6 is 0 Å². The zero-order valence-corrected chi connectivity index (χ0v) is 11.4. The molecule has 0 radical (unpaired) electrons. The van der Waals surface area contributed by atoms with Crippen LogP contribution in [0.1, 0.15) is 19.8 Å². The molecular formula is C12H13F2NO4S. The summed E-state index contributed by atoms with van der Waals surface area (Å²) in [5, 5.41) is 0. The van der Waals surface area contributed by atoms with E-state index in [1.54, 1.807) is 6.92 Å². The normalized spacial score (nSPS) is 16.8. The maximum atomic E-state index is 12.1. The first-order chi connectivity index (χ1) is 9.23. The van der Waals surface area contributed by atoms with Crippen molar-refractivity contribution in [2.75, 3.05) is 0 Å². The third-order valence-corrected chi connectivity index (χ3v) is 4.44. The molecule has 1 amide bonds. The van der Waals surface area contributed by atoms with E-state index in [-0.39, 0.29) is 10.6 Å². The van der Waals surface area contributed by atoms with Crippen LogP contribution in [-0.4, -0.2) is 20.9 Å². The molecule has 0 heterocycles. The Morgan fingerprint density at radius 1 is 1.40 bits per heavy atom. The summed E-state index contributed by atoms with van der Waals surface area (Å²) in [6.45, 7) is -1.39. The van der Waals surface area contributed by atoms with Crippen molar-refractivity contribution in [3.63, 3.8) is 0 Å². The van der Waals surface area contributed by atoms with E-state index >= 15 is 0 Å². The smallest absolute Gasteiger partial charge is 0.387 e. The van der Waals surface area contributed by atoms with Crippen LogP contribution in [0.4, 0.5) is 8.78 Å². The first-order valence-corrected chi connectivity index (χ1v) is 7.33. The van der Waals surface area contributed by atoms with E-state index in [0.29, 0.717) is 12.8 Å². The fourth-order valence-electron chi connectivity index (χ4n) is 1.54. The first kappa shape index (κ1) is 14.7. The number of alkyl halides is 2. The SMILES string of the molecule is CC1(C(=O)NS(=O)(=O)c2cccc(OC(F)F)c2)CC1. The molecule has 0 atom stereocenters. The standard InChI is InChI=1S/C12H13F2NO4S/c1-12(5-6-12)10(16)15-20(17,18)9-4-2-3-8(7-9)19-11(13)14/h2-4,7,11H,5-6H2,1H3,(H,15,16). The van der Waals surface area contributed by atoms with Crippen LogP contribution in [-0.2, 0) is 14.8 Å². The second-order valence-corrected chi connectivity index (χ2v) is 6.53. The quantitative estimate of drug-likeness (QED) is 0.901. The number of amides is 1. The van der Waals surface area contributed by atoms with Gasteiger partial charge in [0.15, 0.2) is 0 Å². The van der Waals surface area contributed by atoms with Crippen molar-refractivity contribution < 1.29 is 26.7 Å². The Morgan fingerprint density at radius 2 is 2.05 bits per heavy atom. The molecule has 1 saturated carbocycles. The minimum atomic E-state index is -4.09. The van der Waals surface area contributed by atoms with Crippen molar-refractivity contribution in [2.45, 2.75) is 31.3 Å². The number of carbonyl (C=O) groups is 1. The monoisotopic (exact) mass is 305 g/mol. The molecule has 1 aliphatic rings. The number of benzene rings is 1. The summed E-state index contributed by atoms with van der Waals surface area (Å²) in [7, 11) is -4.09. The Morgan fingerprint density at radius 3 is 2.60 bits per heavy atom. The lowest BCUT2D eigenvalue weighted by Crippen LogP contribution is -2.35. The highest BCUT2D eigenvalue weighted by atomic mass is 32.2. The van der Waals surface area contributed by atoms with Crippen LogP contribution in [0.15, 0.2) is 29.2 Å². The molecule has 1 aliphatic carbocycles. The van der Waals surface area contributed by atoms with Gasteiger partial charge in [-0.05, 0) is 25.0 Å². The number of hydrogen-bond donors (Lipinski definition) is 1. The van der Waals surface area contributed by atoms with Gasteiger partial charge in [-0.3, -0.25) is 4.79 Å². The van der Waals surface area contributed by atoms with Gasteiger partial charge in [0, 0.05) is 11.5 Å². The van der Waals surface area contributed by atoms with Gasteiger partial charge in [-0.25, -0.2) is 13.1 Å². The first-order valence-electron chi connectivity index (χ1n) is 5.85. The molecule has 0 aromatic heterocycles. The maximum absolute atomic E-state index is 12.1. The molecule has 0 unspecified atom stereocenters. The van der Waals surface area contributed by atoms with Gasteiger partial charge in [-0.15, -0.1) is 0 Å². The van der Waals surface area contributed by atoms with Gasteiger partial charge in [0.2, 0.25) is 5.91 Å². The predicted octanol–water partition coefficient (Wildman–Crippen LogP) is 1.89. The molecule has 8 heteroatoms. The van der Waals surface area contributed by atoms with Crippen LogP contribution in [0.2, 0.25) is 0 Å². The van der Waals surface area contributed by atoms with E-state index in [2.05, 4.69) is 4.74 Å². The summed E-state index contributed by atoms with van der Waals surface area (Å²) in [5.74, 6) is -0.870. The van der Waals surface area contributed by atoms with Crippen LogP contribution in [0.5, 0.6) is 5.75 Å². The van der Waals surface area contributed by atoms with Crippen molar-refractivity contribution in [2.24, 2.45) is 5.41 Å². The Kier molecular flexibility index (Phi) is 3.68. The molecule has 20 heavy (non-hydrogen) atoms. The third kappa shape index (κ3) is 3.24. The fourth-order valence-corrected chi connectivity index (χ4v) is 2.67. The largest absolute Gasteiger partial charge is 0.435 e. The van der Waals surface area contributed by atoms with Gasteiger partial charge in [-0.2, -0.15) is 8.78 Å². The Hall–Kier alpha value is -1.70. The van der Waals surface area contributed by atoms with Gasteiger partial charge in [0.05, 0.1) is 4.90 Å². The molecular weight excluding hydrogens is 292 g/mol. The van der Waals surface area contributed by atoms with Crippen LogP contribution in [0.25, 0.3) is 0 Å². The Bertz CT molecular complexity index is 626. The van der Waals surface area contributed by atoms with E-state index in [9.17, 15) is 22.0 Å². The molecule has 2 rings (SSSR count). The summed E-state index contributed by atoms with van der Waals surface area (Å²) in [4.78, 5) is 11.4. The van der Waals surface area contributed by atoms with E-state index in [0.717, 1.165) is 6.07 Å². The summed E-state index contributed by atoms with van der Waals surface area (Å²) in [6.07, 6.45) is 1.26. The number of halogens is 2. The van der Waals surface area contributed by atoms with Crippen molar-refractivity contribution in [3.8, 4) is 5.75 Å². The predicted molar refractivity (Wildman–Crippen MR) is 65.7 cm³/mol. The summed E-state index contributed by atoms with van der Waals surface area (Å²) in [6, 6.07) is 4.60. The number of carbonyl (C=O) groups excluding carboxylic acids is 1. The maximum Gasteiger partial charge on any atom is 0.387 e. The second-order valence-electron chi connectivity index (χ2n) is 4.85. The van der Waals surface area contributed by atoms with Crippen molar-refractivity contribution in [1.29, 1.82) is 0 Å². The molecule has 5 nitrogen and oxygen atoms in total. The zero-order chi connectivity index (χ0) is 15.0. The number of sulfonamides is 1. The van der Waals surface area contributed by atoms with E-state index in [1.165, 1.54) is 18.2 Å². The fraction of sp³-hybridized carbons (Fsp3) is 0.417. The second kappa shape index (κ2) is 5.01. The average molecular weight is 305 g/mol. The Balaban J connectivity index is 2.18. The van der Waals surface area contributed by atoms with Gasteiger partial charge < -0.3 is 4.74 Å². The van der Waals surface area contributed by atoms with E-state index in [4.69, 9.17) is 0 Å². The molecule has 1 aromatic carbocycles. The minimum absolute atomic E-state index is 0.284. The lowest BCUT2D eigenvalue weighted by molar-refractivity contribution is -0.123. The molecule has 0 bridgehead atoms. The van der Waals surface area contributed by atoms with Crippen molar-refractivity contribution in [3.05, 3.63) is 24.3 Å². The molecule has 1 N–H and O–H groups in total. The topological polar surface area (TPSA) is 72.5 Å². The van der Waals surface area contributed by atoms with Crippen LogP contribution < -0.4 is 9.46 Å². The van der Waals surface area contributed by atoms with E-state index < -0.39 is 28.0 Å². The highest BCUT2D eigenvalue weighted by molar-refractivity contribution is 7.90. The average Bonchev–Trinajstić information content (AvgIpc) is 3.08. The number of rotatable bonds is 5. The molecule has 0 spiro atoms. The molecule has 0 aliphatic heterocycles. The van der Waals surface area contributed by atoms with E-state index in [1.807, 2.05) is 4.72 Å². The lowest BCUT2D eigenvalue weighted by Gasteiger charge is -2.11. The molecule has 110 valence electrons. The lowest BCUT2D eigenvalue weighted by atomic mass is 10.1. The third-order valence-electron chi connectivity index (χ3n) is 3.12. The van der Waals surface area contributed by atoms with Crippen molar-refractivity contribution in [1.82, 2.24) is 4.72 Å². The van der Waals surface area contributed by atoms with Crippen molar-refractivity contribution >= 4 is 15.9 Å². The minimum Gasteiger partial charge on any atom is -0.435 e. The molecule has 0 saturated heterocycles. The highest BCUT2D eigenvalue weighted by Gasteiger charge is 2.46. The number of nitrogens with one attached hydrogen (secondary N) is 1. The van der Waals surface area contributed by atoms with Gasteiger partial charge in [0.25, 0.3) is 10.0 Å².